The Labute approximate surface area is 112 Å². The third-order valence-corrected chi connectivity index (χ3v) is 3.79. The minimum atomic E-state index is -0.417. The molecule has 3 N–H and O–H groups in total. The summed E-state index contributed by atoms with van der Waals surface area (Å²) in [6.07, 6.45) is 9.81. The molecule has 0 heterocycles. The van der Waals surface area contributed by atoms with E-state index in [4.69, 9.17) is 11.1 Å². The Balaban J connectivity index is 0.000000232. The van der Waals surface area contributed by atoms with Gasteiger partial charge in [-0.1, -0.05) is 39.0 Å². The molecule has 0 aromatic heterocycles. The zero-order valence-corrected chi connectivity index (χ0v) is 12.4. The zero-order chi connectivity index (χ0) is 13.9. The number of nitrogens with two attached hydrogens (primary N) is 1. The highest BCUT2D eigenvalue weighted by atomic mass is 14.7. The molecule has 18 heavy (non-hydrogen) atoms. The second kappa shape index (κ2) is 5.83. The molecule has 1 saturated carbocycles. The molecule has 4 atom stereocenters. The van der Waals surface area contributed by atoms with Crippen LogP contribution in [0.3, 0.4) is 0 Å². The van der Waals surface area contributed by atoms with Crippen molar-refractivity contribution in [2.24, 2.45) is 29.4 Å². The number of allylic oxidation sites excluding steroid dienone is 4. The Hall–Kier alpha value is -0.890. The molecule has 2 nitrogen and oxygen atoms in total. The maximum atomic E-state index is 6.60. The lowest BCUT2D eigenvalue weighted by molar-refractivity contribution is 0.543. The van der Waals surface area contributed by atoms with E-state index < -0.39 is 5.54 Å². The standard InChI is InChI=1S/C12H18.C4H10N2/c1-8-4-5-11(6-9(8)2)12-7-10(12)3;1-4(2,6)3-5/h4-6,8-10,12H,7H2,1-3H3;3,5H,6H2,1-2H3. The smallest absolute Gasteiger partial charge is 0.0449 e. The average Bonchev–Trinajstić information content (AvgIpc) is 3.00. The molecule has 0 spiro atoms. The second-order valence-corrected chi connectivity index (χ2v) is 6.53. The van der Waals surface area contributed by atoms with Crippen molar-refractivity contribution in [1.82, 2.24) is 0 Å². The van der Waals surface area contributed by atoms with Gasteiger partial charge >= 0.3 is 0 Å². The van der Waals surface area contributed by atoms with Gasteiger partial charge in [-0.25, -0.2) is 0 Å². The second-order valence-electron chi connectivity index (χ2n) is 6.53. The molecule has 0 amide bonds. The Morgan fingerprint density at radius 1 is 1.28 bits per heavy atom. The van der Waals surface area contributed by atoms with Crippen LogP contribution >= 0.6 is 0 Å². The van der Waals surface area contributed by atoms with E-state index in [0.717, 1.165) is 23.7 Å². The van der Waals surface area contributed by atoms with E-state index in [-0.39, 0.29) is 0 Å². The minimum absolute atomic E-state index is 0.417. The van der Waals surface area contributed by atoms with Crippen molar-refractivity contribution in [3.05, 3.63) is 23.8 Å². The van der Waals surface area contributed by atoms with E-state index in [1.54, 1.807) is 19.4 Å². The quantitative estimate of drug-likeness (QED) is 0.718. The van der Waals surface area contributed by atoms with Crippen LogP contribution in [0.2, 0.25) is 0 Å². The van der Waals surface area contributed by atoms with Crippen molar-refractivity contribution in [2.45, 2.75) is 46.6 Å². The van der Waals surface area contributed by atoms with Crippen molar-refractivity contribution in [3.63, 3.8) is 0 Å². The van der Waals surface area contributed by atoms with Crippen LogP contribution in [-0.2, 0) is 0 Å². The molecule has 0 bridgehead atoms. The highest BCUT2D eigenvalue weighted by Gasteiger charge is 2.35. The van der Waals surface area contributed by atoms with Gasteiger partial charge in [0, 0.05) is 11.8 Å². The molecule has 2 rings (SSSR count). The van der Waals surface area contributed by atoms with Crippen LogP contribution < -0.4 is 5.73 Å². The van der Waals surface area contributed by atoms with Gasteiger partial charge in [0.1, 0.15) is 0 Å². The van der Waals surface area contributed by atoms with Gasteiger partial charge < -0.3 is 11.1 Å². The summed E-state index contributed by atoms with van der Waals surface area (Å²) in [5.74, 6) is 3.33. The first-order valence-corrected chi connectivity index (χ1v) is 6.95. The molecule has 1 fully saturated rings. The Bertz CT molecular complexity index is 347. The fraction of sp³-hybridized carbons (Fsp3) is 0.688. The van der Waals surface area contributed by atoms with Crippen LogP contribution in [0.1, 0.15) is 41.0 Å². The predicted octanol–water partition coefficient (Wildman–Crippen LogP) is 3.78. The summed E-state index contributed by atoms with van der Waals surface area (Å²) < 4.78 is 0. The monoisotopic (exact) mass is 248 g/mol. The number of hydrogen-bond donors (Lipinski definition) is 2. The lowest BCUT2D eigenvalue weighted by atomic mass is 9.87. The lowest BCUT2D eigenvalue weighted by Gasteiger charge is -2.18. The molecule has 4 unspecified atom stereocenters. The summed E-state index contributed by atoms with van der Waals surface area (Å²) in [6.45, 7) is 10.5. The summed E-state index contributed by atoms with van der Waals surface area (Å²) in [6, 6.07) is 0. The molecule has 0 aliphatic heterocycles. The fourth-order valence-corrected chi connectivity index (χ4v) is 1.98. The van der Waals surface area contributed by atoms with Gasteiger partial charge in [-0.15, -0.1) is 0 Å². The normalized spacial score (nSPS) is 34.2. The van der Waals surface area contributed by atoms with E-state index in [1.807, 2.05) is 0 Å². The number of rotatable bonds is 2. The fourth-order valence-electron chi connectivity index (χ4n) is 1.98. The van der Waals surface area contributed by atoms with Crippen molar-refractivity contribution in [1.29, 1.82) is 5.41 Å². The number of nitrogens with one attached hydrogen (secondary N) is 1. The van der Waals surface area contributed by atoms with E-state index in [1.165, 1.54) is 12.6 Å². The molecular weight excluding hydrogens is 220 g/mol. The summed E-state index contributed by atoms with van der Waals surface area (Å²) >= 11 is 0. The Morgan fingerprint density at radius 2 is 1.78 bits per heavy atom. The molecular formula is C16H28N2. The summed E-state index contributed by atoms with van der Waals surface area (Å²) in [5.41, 5.74) is 6.48. The highest BCUT2D eigenvalue weighted by molar-refractivity contribution is 5.64. The average molecular weight is 248 g/mol. The zero-order valence-electron chi connectivity index (χ0n) is 12.4. The Kier molecular flexibility index (Phi) is 4.92. The van der Waals surface area contributed by atoms with Crippen molar-refractivity contribution in [3.8, 4) is 0 Å². The molecule has 2 aliphatic carbocycles. The maximum Gasteiger partial charge on any atom is 0.0449 e. The molecule has 2 heteroatoms. The van der Waals surface area contributed by atoms with Gasteiger partial charge in [0.2, 0.25) is 0 Å². The predicted molar refractivity (Wildman–Crippen MR) is 79.9 cm³/mol. The molecule has 102 valence electrons. The molecule has 2 aliphatic rings. The third kappa shape index (κ3) is 4.77. The first-order valence-electron chi connectivity index (χ1n) is 6.95. The van der Waals surface area contributed by atoms with Crippen LogP contribution in [0.4, 0.5) is 0 Å². The van der Waals surface area contributed by atoms with Crippen molar-refractivity contribution >= 4 is 6.21 Å². The summed E-state index contributed by atoms with van der Waals surface area (Å²) in [4.78, 5) is 0. The van der Waals surface area contributed by atoms with Gasteiger partial charge in [0.05, 0.1) is 0 Å². The van der Waals surface area contributed by atoms with Gasteiger partial charge in [0.25, 0.3) is 0 Å². The Morgan fingerprint density at radius 3 is 2.11 bits per heavy atom. The van der Waals surface area contributed by atoms with Crippen molar-refractivity contribution in [2.75, 3.05) is 0 Å². The van der Waals surface area contributed by atoms with Gasteiger partial charge in [-0.2, -0.15) is 0 Å². The van der Waals surface area contributed by atoms with Crippen LogP contribution in [-0.4, -0.2) is 11.8 Å². The third-order valence-electron chi connectivity index (χ3n) is 3.79. The van der Waals surface area contributed by atoms with E-state index in [2.05, 4.69) is 39.0 Å². The summed E-state index contributed by atoms with van der Waals surface area (Å²) in [7, 11) is 0. The van der Waals surface area contributed by atoms with Gasteiger partial charge in [-0.05, 0) is 49.5 Å². The van der Waals surface area contributed by atoms with Crippen LogP contribution in [0.15, 0.2) is 23.8 Å². The van der Waals surface area contributed by atoms with E-state index in [0.29, 0.717) is 0 Å². The molecule has 0 aromatic carbocycles. The van der Waals surface area contributed by atoms with Crippen LogP contribution in [0, 0.1) is 29.1 Å². The lowest BCUT2D eigenvalue weighted by Crippen LogP contribution is -2.32. The molecule has 0 aromatic rings. The first kappa shape index (κ1) is 15.2. The SMILES string of the molecule is CC(C)(N)C=N.CC1C=CC(C2CC2C)=CC1C. The minimum Gasteiger partial charge on any atom is -0.321 e. The molecule has 0 radical (unpaired) electrons. The first-order chi connectivity index (χ1) is 8.24. The highest BCUT2D eigenvalue weighted by Crippen LogP contribution is 2.45. The van der Waals surface area contributed by atoms with Gasteiger partial charge in [-0.3, -0.25) is 0 Å². The maximum absolute atomic E-state index is 6.60. The number of hydrogen-bond acceptors (Lipinski definition) is 2. The van der Waals surface area contributed by atoms with E-state index in [9.17, 15) is 0 Å². The summed E-state index contributed by atoms with van der Waals surface area (Å²) in [5, 5.41) is 6.60. The van der Waals surface area contributed by atoms with Crippen LogP contribution in [0.25, 0.3) is 0 Å². The van der Waals surface area contributed by atoms with E-state index >= 15 is 0 Å². The van der Waals surface area contributed by atoms with Gasteiger partial charge in [0.15, 0.2) is 0 Å². The van der Waals surface area contributed by atoms with Crippen molar-refractivity contribution < 1.29 is 0 Å². The topological polar surface area (TPSA) is 49.9 Å². The van der Waals surface area contributed by atoms with Crippen LogP contribution in [0.5, 0.6) is 0 Å². The molecule has 0 saturated heterocycles. The largest absolute Gasteiger partial charge is 0.321 e.